The molecule has 27 heavy (non-hydrogen) atoms. The van der Waals surface area contributed by atoms with Crippen molar-refractivity contribution in [1.82, 2.24) is 5.32 Å². The molecule has 0 aliphatic rings. The predicted molar refractivity (Wildman–Crippen MR) is 94.5 cm³/mol. The maximum absolute atomic E-state index is 11.9. The summed E-state index contributed by atoms with van der Waals surface area (Å²) in [6.45, 7) is 2.97. The van der Waals surface area contributed by atoms with E-state index in [1.54, 1.807) is 31.2 Å². The van der Waals surface area contributed by atoms with E-state index in [-0.39, 0.29) is 26.1 Å². The van der Waals surface area contributed by atoms with Gasteiger partial charge in [-0.1, -0.05) is 12.1 Å². The highest BCUT2D eigenvalue weighted by Gasteiger charge is 2.23. The Hall–Kier alpha value is -3.23. The van der Waals surface area contributed by atoms with Crippen LogP contribution in [0.15, 0.2) is 24.3 Å². The van der Waals surface area contributed by atoms with Gasteiger partial charge in [0.2, 0.25) is 0 Å². The number of hydrogen-bond acceptors (Lipinski definition) is 8. The first-order valence-corrected chi connectivity index (χ1v) is 8.26. The van der Waals surface area contributed by atoms with E-state index in [0.717, 1.165) is 0 Å². The van der Waals surface area contributed by atoms with Crippen LogP contribution in [-0.2, 0) is 30.5 Å². The van der Waals surface area contributed by atoms with Gasteiger partial charge in [-0.3, -0.25) is 9.59 Å². The second-order valence-corrected chi connectivity index (χ2v) is 5.41. The second kappa shape index (κ2) is 11.4. The highest BCUT2D eigenvalue weighted by Crippen LogP contribution is 2.13. The molecule has 1 amide bonds. The largest absolute Gasteiger partial charge is 0.464 e. The Morgan fingerprint density at radius 1 is 1.15 bits per heavy atom. The van der Waals surface area contributed by atoms with Crippen LogP contribution in [0.3, 0.4) is 0 Å². The lowest BCUT2D eigenvalue weighted by Gasteiger charge is -2.16. The van der Waals surface area contributed by atoms with E-state index >= 15 is 0 Å². The normalized spacial score (nSPS) is 11.0. The number of carbonyl (C=O) groups is 4. The average molecular weight is 378 g/mol. The van der Waals surface area contributed by atoms with Crippen molar-refractivity contribution in [1.29, 1.82) is 5.41 Å². The number of alkyl carbamates (subject to hydrolysis) is 1. The number of ketones is 1. The van der Waals surface area contributed by atoms with Crippen molar-refractivity contribution < 1.29 is 33.4 Å². The Morgan fingerprint density at radius 3 is 2.37 bits per heavy atom. The first-order chi connectivity index (χ1) is 12.8. The first-order valence-electron chi connectivity index (χ1n) is 8.26. The zero-order valence-corrected chi connectivity index (χ0v) is 15.2. The van der Waals surface area contributed by atoms with E-state index < -0.39 is 29.9 Å². The first kappa shape index (κ1) is 21.8. The number of esters is 2. The Labute approximate surface area is 156 Å². The van der Waals surface area contributed by atoms with Gasteiger partial charge < -0.3 is 24.9 Å². The number of rotatable bonds is 10. The minimum Gasteiger partial charge on any atom is -0.464 e. The van der Waals surface area contributed by atoms with Gasteiger partial charge in [0.25, 0.3) is 0 Å². The molecule has 0 aliphatic carbocycles. The summed E-state index contributed by atoms with van der Waals surface area (Å²) in [5.41, 5.74) is 0.646. The van der Waals surface area contributed by atoms with E-state index in [4.69, 9.17) is 19.6 Å². The smallest absolute Gasteiger partial charge is 0.408 e. The van der Waals surface area contributed by atoms with E-state index in [0.29, 0.717) is 17.5 Å². The fourth-order valence-corrected chi connectivity index (χ4v) is 2.00. The Kier molecular flexibility index (Phi) is 9.21. The van der Waals surface area contributed by atoms with Crippen molar-refractivity contribution in [2.45, 2.75) is 39.3 Å². The number of hydrogen-bond donors (Lipinski definition) is 2. The van der Waals surface area contributed by atoms with E-state index in [1.807, 2.05) is 0 Å². The molecule has 0 aromatic heterocycles. The van der Waals surface area contributed by atoms with Gasteiger partial charge in [-0.15, -0.1) is 0 Å². The van der Waals surface area contributed by atoms with Crippen LogP contribution < -0.4 is 10.1 Å². The number of nitrogens with one attached hydrogen (secondary N) is 2. The van der Waals surface area contributed by atoms with Crippen molar-refractivity contribution in [2.75, 3.05) is 6.61 Å². The quantitative estimate of drug-likeness (QED) is 0.360. The maximum Gasteiger partial charge on any atom is 0.408 e. The van der Waals surface area contributed by atoms with Crippen molar-refractivity contribution >= 4 is 30.0 Å². The number of amides is 1. The lowest BCUT2D eigenvalue weighted by molar-refractivity contribution is -0.145. The van der Waals surface area contributed by atoms with Crippen molar-refractivity contribution in [3.05, 3.63) is 29.8 Å². The third-order valence-corrected chi connectivity index (χ3v) is 3.26. The summed E-state index contributed by atoms with van der Waals surface area (Å²) in [5.74, 6) is -1.22. The molecule has 1 aromatic carbocycles. The predicted octanol–water partition coefficient (Wildman–Crippen LogP) is 1.77. The molecule has 0 saturated carbocycles. The third kappa shape index (κ3) is 8.61. The lowest BCUT2D eigenvalue weighted by Crippen LogP contribution is -2.42. The zero-order valence-electron chi connectivity index (χ0n) is 15.2. The van der Waals surface area contributed by atoms with Crippen LogP contribution >= 0.6 is 0 Å². The maximum atomic E-state index is 11.9. The summed E-state index contributed by atoms with van der Waals surface area (Å²) < 4.78 is 14.8. The molecule has 0 spiro atoms. The van der Waals surface area contributed by atoms with Crippen molar-refractivity contribution in [3.63, 3.8) is 0 Å². The van der Waals surface area contributed by atoms with Crippen LogP contribution in [0.2, 0.25) is 0 Å². The highest BCUT2D eigenvalue weighted by atomic mass is 16.6. The Bertz CT molecular complexity index is 685. The molecule has 0 heterocycles. The molecule has 0 saturated heterocycles. The van der Waals surface area contributed by atoms with Gasteiger partial charge >= 0.3 is 18.0 Å². The molecule has 1 rings (SSSR count). The summed E-state index contributed by atoms with van der Waals surface area (Å²) >= 11 is 0. The molecule has 1 unspecified atom stereocenters. The summed E-state index contributed by atoms with van der Waals surface area (Å²) in [7, 11) is 0. The average Bonchev–Trinajstić information content (AvgIpc) is 2.63. The number of ether oxygens (including phenoxy) is 3. The van der Waals surface area contributed by atoms with Gasteiger partial charge in [0.05, 0.1) is 12.8 Å². The standard InChI is InChI=1S/C18H22N2O7/c1-3-25-17(23)16(9-6-14(22)10-19)20-18(24)26-11-13-4-7-15(8-5-13)27-12(2)21/h4-5,7-8,10,16,19H,3,6,9,11H2,1-2H3,(H,20,24). The molecule has 1 atom stereocenters. The van der Waals surface area contributed by atoms with Crippen LogP contribution in [0.25, 0.3) is 0 Å². The van der Waals surface area contributed by atoms with Crippen LogP contribution in [0.4, 0.5) is 4.79 Å². The minimum absolute atomic E-state index is 0.000765. The molecule has 0 bridgehead atoms. The summed E-state index contributed by atoms with van der Waals surface area (Å²) in [6, 6.07) is 5.31. The SMILES string of the molecule is CCOC(=O)C(CCC(=O)C=N)NC(=O)OCc1ccc(OC(C)=O)cc1. The molecular weight excluding hydrogens is 356 g/mol. The molecule has 9 nitrogen and oxygen atoms in total. The second-order valence-electron chi connectivity index (χ2n) is 5.41. The number of benzene rings is 1. The summed E-state index contributed by atoms with van der Waals surface area (Å²) in [6.07, 6.45) is -0.274. The monoisotopic (exact) mass is 378 g/mol. The number of Topliss-reactive ketones (excluding diaryl/α,β-unsaturated/α-hetero) is 1. The number of carbonyl (C=O) groups excluding carboxylic acids is 4. The Morgan fingerprint density at radius 2 is 1.81 bits per heavy atom. The Balaban J connectivity index is 2.56. The fourth-order valence-electron chi connectivity index (χ4n) is 2.00. The summed E-state index contributed by atoms with van der Waals surface area (Å²) in [5, 5.41) is 9.22. The van der Waals surface area contributed by atoms with Gasteiger partial charge in [-0.25, -0.2) is 9.59 Å². The molecule has 0 aliphatic heterocycles. The molecular formula is C18H22N2O7. The van der Waals surface area contributed by atoms with Crippen molar-refractivity contribution in [2.24, 2.45) is 0 Å². The van der Waals surface area contributed by atoms with Crippen LogP contribution in [0.1, 0.15) is 32.3 Å². The van der Waals surface area contributed by atoms with E-state index in [1.165, 1.54) is 6.92 Å². The van der Waals surface area contributed by atoms with Gasteiger partial charge in [0.1, 0.15) is 18.4 Å². The lowest BCUT2D eigenvalue weighted by atomic mass is 10.1. The third-order valence-electron chi connectivity index (χ3n) is 3.26. The topological polar surface area (TPSA) is 132 Å². The van der Waals surface area contributed by atoms with Gasteiger partial charge in [-0.05, 0) is 31.0 Å². The van der Waals surface area contributed by atoms with Crippen LogP contribution in [0.5, 0.6) is 5.75 Å². The summed E-state index contributed by atoms with van der Waals surface area (Å²) in [4.78, 5) is 45.9. The zero-order chi connectivity index (χ0) is 20.2. The molecule has 0 fully saturated rings. The molecule has 2 N–H and O–H groups in total. The van der Waals surface area contributed by atoms with E-state index in [2.05, 4.69) is 5.32 Å². The molecule has 146 valence electrons. The fraction of sp³-hybridized carbons (Fsp3) is 0.389. The van der Waals surface area contributed by atoms with Crippen molar-refractivity contribution in [3.8, 4) is 5.75 Å². The minimum atomic E-state index is -1.05. The van der Waals surface area contributed by atoms with Gasteiger partial charge in [0, 0.05) is 13.3 Å². The van der Waals surface area contributed by atoms with Gasteiger partial charge in [-0.2, -0.15) is 0 Å². The van der Waals surface area contributed by atoms with Gasteiger partial charge in [0.15, 0.2) is 5.78 Å². The van der Waals surface area contributed by atoms with E-state index in [9.17, 15) is 19.2 Å². The highest BCUT2D eigenvalue weighted by molar-refractivity contribution is 6.26. The molecule has 0 radical (unpaired) electrons. The van der Waals surface area contributed by atoms with Crippen LogP contribution in [-0.4, -0.2) is 42.7 Å². The van der Waals surface area contributed by atoms with Crippen LogP contribution in [0, 0.1) is 5.41 Å². The molecule has 9 heteroatoms. The molecule has 1 aromatic rings.